The fourth-order valence-electron chi connectivity index (χ4n) is 3.26. The Morgan fingerprint density at radius 1 is 1.00 bits per heavy atom. The van der Waals surface area contributed by atoms with E-state index in [2.05, 4.69) is 64.2 Å². The van der Waals surface area contributed by atoms with Crippen LogP contribution in [0, 0.1) is 6.92 Å². The smallest absolute Gasteiger partial charge is 0.152 e. The second-order valence-corrected chi connectivity index (χ2v) is 10.3. The number of hydrogen-bond acceptors (Lipinski definition) is 4. The molecular weight excluding hydrogens is 428 g/mol. The van der Waals surface area contributed by atoms with Gasteiger partial charge >= 0.3 is 0 Å². The first-order valence-electron chi connectivity index (χ1n) is 11.9. The van der Waals surface area contributed by atoms with Crippen LogP contribution < -0.4 is 5.32 Å². The zero-order chi connectivity index (χ0) is 24.8. The predicted molar refractivity (Wildman–Crippen MR) is 146 cm³/mol. The molecule has 0 bridgehead atoms. The molecular formula is C28H44N2O2S. The van der Waals surface area contributed by atoms with E-state index < -0.39 is 0 Å². The summed E-state index contributed by atoms with van der Waals surface area (Å²) in [7, 11) is 0. The lowest BCUT2D eigenvalue weighted by Gasteiger charge is -2.16. The van der Waals surface area contributed by atoms with Gasteiger partial charge < -0.3 is 10.5 Å². The van der Waals surface area contributed by atoms with Crippen LogP contribution >= 0.6 is 11.8 Å². The number of nitrogens with zero attached hydrogens (tertiary/aromatic N) is 1. The van der Waals surface area contributed by atoms with E-state index in [0.717, 1.165) is 48.3 Å². The van der Waals surface area contributed by atoms with Gasteiger partial charge in [0.1, 0.15) is 5.82 Å². The Hall–Kier alpha value is -2.14. The molecule has 33 heavy (non-hydrogen) atoms. The standard InChI is InChI=1S/C28H44N2O2S/c1-21(2)10-8-11-23(5)12-9-13-26(16-14-22(3)4)18-19-33-20-27(25(7)31)29-28-17-15-24(6)30(28)32/h10,12,14-15,17-18,27,29,32H,8-9,11,13,16,19-20H2,1-7H3/b23-12+,26-18-. The Balaban J connectivity index is 2.62. The molecule has 4 nitrogen and oxygen atoms in total. The number of aromatic nitrogens is 1. The first-order chi connectivity index (χ1) is 15.6. The number of carbonyl (C=O) groups is 1. The molecule has 0 saturated heterocycles. The Labute approximate surface area is 205 Å². The molecule has 0 fully saturated rings. The maximum atomic E-state index is 12.1. The molecule has 5 heteroatoms. The highest BCUT2D eigenvalue weighted by Gasteiger charge is 2.16. The van der Waals surface area contributed by atoms with Crippen molar-refractivity contribution >= 4 is 23.4 Å². The van der Waals surface area contributed by atoms with Gasteiger partial charge in [-0.3, -0.25) is 4.79 Å². The van der Waals surface area contributed by atoms with Crippen LogP contribution in [0.2, 0.25) is 0 Å². The summed E-state index contributed by atoms with van der Waals surface area (Å²) in [4.78, 5) is 12.1. The molecule has 184 valence electrons. The van der Waals surface area contributed by atoms with Crippen molar-refractivity contribution < 1.29 is 10.0 Å². The lowest BCUT2D eigenvalue weighted by molar-refractivity contribution is -0.117. The van der Waals surface area contributed by atoms with Gasteiger partial charge in [0.05, 0.1) is 11.7 Å². The highest BCUT2D eigenvalue weighted by atomic mass is 32.2. The first-order valence-corrected chi connectivity index (χ1v) is 13.1. The number of ketones is 1. The molecule has 0 aliphatic carbocycles. The minimum absolute atomic E-state index is 0.0730. The van der Waals surface area contributed by atoms with Crippen LogP contribution in [0.25, 0.3) is 0 Å². The van der Waals surface area contributed by atoms with Crippen LogP contribution in [-0.2, 0) is 4.79 Å². The molecule has 1 rings (SSSR count). The summed E-state index contributed by atoms with van der Waals surface area (Å²) in [6.07, 6.45) is 14.7. The normalized spacial score (nSPS) is 12.9. The average molecular weight is 473 g/mol. The summed E-state index contributed by atoms with van der Waals surface area (Å²) in [5.41, 5.74) is 6.37. The van der Waals surface area contributed by atoms with Gasteiger partial charge in [0.15, 0.2) is 5.78 Å². The van der Waals surface area contributed by atoms with Crippen LogP contribution in [0.1, 0.15) is 79.3 Å². The van der Waals surface area contributed by atoms with Crippen LogP contribution in [0.5, 0.6) is 0 Å². The van der Waals surface area contributed by atoms with E-state index in [1.165, 1.54) is 22.3 Å². The van der Waals surface area contributed by atoms with Crippen molar-refractivity contribution in [3.8, 4) is 0 Å². The molecule has 0 saturated carbocycles. The number of carbonyl (C=O) groups excluding carboxylic acids is 1. The molecule has 2 N–H and O–H groups in total. The van der Waals surface area contributed by atoms with E-state index in [9.17, 15) is 10.0 Å². The van der Waals surface area contributed by atoms with Gasteiger partial charge in [-0.25, -0.2) is 0 Å². The third-order valence-corrected chi connectivity index (χ3v) is 6.43. The molecule has 0 aliphatic rings. The summed E-state index contributed by atoms with van der Waals surface area (Å²) in [5.74, 6) is 2.17. The summed E-state index contributed by atoms with van der Waals surface area (Å²) in [6.45, 7) is 14.2. The zero-order valence-corrected chi connectivity index (χ0v) is 22.5. The van der Waals surface area contributed by atoms with Crippen molar-refractivity contribution in [1.82, 2.24) is 4.73 Å². The topological polar surface area (TPSA) is 54.3 Å². The third-order valence-electron chi connectivity index (χ3n) is 5.45. The van der Waals surface area contributed by atoms with Crippen molar-refractivity contribution in [2.75, 3.05) is 16.8 Å². The number of anilines is 1. The van der Waals surface area contributed by atoms with E-state index in [1.54, 1.807) is 24.8 Å². The molecule has 0 aliphatic heterocycles. The van der Waals surface area contributed by atoms with E-state index in [4.69, 9.17) is 0 Å². The van der Waals surface area contributed by atoms with Gasteiger partial charge in [0.25, 0.3) is 0 Å². The monoisotopic (exact) mass is 472 g/mol. The van der Waals surface area contributed by atoms with Crippen LogP contribution in [0.3, 0.4) is 0 Å². The maximum Gasteiger partial charge on any atom is 0.152 e. The number of aryl methyl sites for hydroxylation is 1. The van der Waals surface area contributed by atoms with Crippen molar-refractivity contribution in [1.29, 1.82) is 0 Å². The quantitative estimate of drug-likeness (QED) is 0.155. The molecule has 1 aromatic heterocycles. The highest BCUT2D eigenvalue weighted by Crippen LogP contribution is 2.19. The van der Waals surface area contributed by atoms with Gasteiger partial charge in [0, 0.05) is 11.5 Å². The average Bonchev–Trinajstić information content (AvgIpc) is 3.05. The summed E-state index contributed by atoms with van der Waals surface area (Å²) in [5, 5.41) is 13.2. The van der Waals surface area contributed by atoms with E-state index in [1.807, 2.05) is 13.0 Å². The summed E-state index contributed by atoms with van der Waals surface area (Å²) < 4.78 is 1.09. The van der Waals surface area contributed by atoms with Crippen LogP contribution in [-0.4, -0.2) is 33.3 Å². The molecule has 0 aromatic carbocycles. The largest absolute Gasteiger partial charge is 0.427 e. The highest BCUT2D eigenvalue weighted by molar-refractivity contribution is 7.99. The maximum absolute atomic E-state index is 12.1. The van der Waals surface area contributed by atoms with Crippen molar-refractivity contribution in [3.05, 3.63) is 64.4 Å². The van der Waals surface area contributed by atoms with Gasteiger partial charge in [-0.1, -0.05) is 46.6 Å². The first kappa shape index (κ1) is 28.9. The van der Waals surface area contributed by atoms with Gasteiger partial charge in [0.2, 0.25) is 0 Å². The van der Waals surface area contributed by atoms with Crippen LogP contribution in [0.4, 0.5) is 5.82 Å². The summed E-state index contributed by atoms with van der Waals surface area (Å²) in [6, 6.07) is 3.29. The molecule has 1 heterocycles. The number of Topliss-reactive ketones (excluding diaryl/α,β-unsaturated/α-hetero) is 1. The lowest BCUT2D eigenvalue weighted by Crippen LogP contribution is -2.31. The second kappa shape index (κ2) is 15.7. The lowest BCUT2D eigenvalue weighted by atomic mass is 10.0. The van der Waals surface area contributed by atoms with Crippen molar-refractivity contribution in [3.63, 3.8) is 0 Å². The summed E-state index contributed by atoms with van der Waals surface area (Å²) >= 11 is 1.74. The molecule has 1 atom stereocenters. The fourth-order valence-corrected chi connectivity index (χ4v) is 4.30. The molecule has 1 unspecified atom stereocenters. The number of thioether (sulfide) groups is 1. The number of rotatable bonds is 15. The van der Waals surface area contributed by atoms with Gasteiger partial charge in [-0.05, 0) is 92.7 Å². The van der Waals surface area contributed by atoms with Crippen molar-refractivity contribution in [2.45, 2.75) is 86.6 Å². The number of allylic oxidation sites excluding steroid dienone is 7. The van der Waals surface area contributed by atoms with E-state index in [-0.39, 0.29) is 11.8 Å². The Morgan fingerprint density at radius 3 is 2.24 bits per heavy atom. The molecule has 0 spiro atoms. The Kier molecular flexibility index (Phi) is 13.7. The predicted octanol–water partition coefficient (Wildman–Crippen LogP) is 7.89. The molecule has 0 amide bonds. The fraction of sp³-hybridized carbons (Fsp3) is 0.536. The number of nitrogens with one attached hydrogen (secondary N) is 1. The third kappa shape index (κ3) is 12.6. The van der Waals surface area contributed by atoms with Crippen LogP contribution in [0.15, 0.2) is 58.7 Å². The van der Waals surface area contributed by atoms with Crippen molar-refractivity contribution in [2.24, 2.45) is 0 Å². The van der Waals surface area contributed by atoms with Gasteiger partial charge in [-0.15, -0.1) is 0 Å². The zero-order valence-electron chi connectivity index (χ0n) is 21.7. The van der Waals surface area contributed by atoms with E-state index >= 15 is 0 Å². The Bertz CT molecular complexity index is 866. The molecule has 0 radical (unpaired) electrons. The van der Waals surface area contributed by atoms with E-state index in [0.29, 0.717) is 11.6 Å². The SMILES string of the molecule is CC(=O)C(CSC/C=C(\CC=C(C)C)CC/C=C(\C)CCC=C(C)C)Nc1ccc(C)n1O. The van der Waals surface area contributed by atoms with Gasteiger partial charge in [-0.2, -0.15) is 16.5 Å². The number of hydrogen-bond donors (Lipinski definition) is 2. The molecule has 1 aromatic rings. The minimum Gasteiger partial charge on any atom is -0.427 e. The second-order valence-electron chi connectivity index (χ2n) is 9.27. The Morgan fingerprint density at radius 2 is 1.67 bits per heavy atom. The minimum atomic E-state index is -0.323.